The summed E-state index contributed by atoms with van der Waals surface area (Å²) in [4.78, 5) is 24.0. The molecular formula is C19H24N6OS. The van der Waals surface area contributed by atoms with Gasteiger partial charge in [-0.05, 0) is 19.3 Å². The van der Waals surface area contributed by atoms with Gasteiger partial charge in [0.1, 0.15) is 5.82 Å². The summed E-state index contributed by atoms with van der Waals surface area (Å²) in [6, 6.07) is 0. The molecule has 0 aliphatic carbocycles. The van der Waals surface area contributed by atoms with Crippen LogP contribution in [0.15, 0.2) is 29.5 Å². The van der Waals surface area contributed by atoms with Gasteiger partial charge in [-0.2, -0.15) is 5.10 Å². The highest BCUT2D eigenvalue weighted by molar-refractivity contribution is 7.07. The lowest BCUT2D eigenvalue weighted by Crippen LogP contribution is -2.40. The standard InChI is InChI=1S/C19H24N6OS/c1-2-4-17-16(9-22-23-17)19(26)25-7-3-5-14(10-25)18-20-6-8-24(18)11-15-12-27-13-21-15/h6,8-9,12-14H,2-5,7,10-11H2,1H3,(H,22,23)/t14-/m1/s1. The quantitative estimate of drug-likeness (QED) is 0.708. The summed E-state index contributed by atoms with van der Waals surface area (Å²) < 4.78 is 2.16. The Labute approximate surface area is 162 Å². The van der Waals surface area contributed by atoms with Crippen molar-refractivity contribution in [2.45, 2.75) is 45.1 Å². The minimum absolute atomic E-state index is 0.0782. The van der Waals surface area contributed by atoms with Crippen molar-refractivity contribution in [3.63, 3.8) is 0 Å². The first-order chi connectivity index (χ1) is 13.3. The Bertz CT molecular complexity index is 884. The van der Waals surface area contributed by atoms with Crippen molar-refractivity contribution >= 4 is 17.2 Å². The molecule has 4 rings (SSSR count). The van der Waals surface area contributed by atoms with E-state index in [1.807, 2.05) is 22.8 Å². The van der Waals surface area contributed by atoms with Crippen LogP contribution in [0.3, 0.4) is 0 Å². The third-order valence-corrected chi connectivity index (χ3v) is 5.72. The van der Waals surface area contributed by atoms with E-state index >= 15 is 0 Å². The number of nitrogens with zero attached hydrogens (tertiary/aromatic N) is 5. The van der Waals surface area contributed by atoms with E-state index in [1.54, 1.807) is 17.5 Å². The number of carbonyl (C=O) groups is 1. The number of imidazole rings is 1. The Morgan fingerprint density at radius 2 is 2.33 bits per heavy atom. The van der Waals surface area contributed by atoms with E-state index in [1.165, 1.54) is 0 Å². The van der Waals surface area contributed by atoms with Gasteiger partial charge < -0.3 is 9.47 Å². The number of thiazole rings is 1. The SMILES string of the molecule is CCCc1[nH]ncc1C(=O)N1CCC[C@@H](c2nccn2Cc2cscn2)C1. The predicted molar refractivity (Wildman–Crippen MR) is 104 cm³/mol. The molecule has 1 aliphatic rings. The zero-order chi connectivity index (χ0) is 18.6. The molecule has 0 saturated carbocycles. The number of nitrogens with one attached hydrogen (secondary N) is 1. The highest BCUT2D eigenvalue weighted by Crippen LogP contribution is 2.27. The molecule has 1 saturated heterocycles. The number of aryl methyl sites for hydroxylation is 1. The maximum Gasteiger partial charge on any atom is 0.257 e. The van der Waals surface area contributed by atoms with Crippen LogP contribution in [0.1, 0.15) is 59.7 Å². The van der Waals surface area contributed by atoms with E-state index in [0.717, 1.165) is 56.0 Å². The number of likely N-dealkylation sites (tertiary alicyclic amines) is 1. The van der Waals surface area contributed by atoms with Crippen LogP contribution in [0, 0.1) is 0 Å². The van der Waals surface area contributed by atoms with Crippen molar-refractivity contribution in [1.82, 2.24) is 29.6 Å². The number of H-pyrrole nitrogens is 1. The molecule has 8 heteroatoms. The van der Waals surface area contributed by atoms with Crippen LogP contribution < -0.4 is 0 Å². The molecule has 4 heterocycles. The van der Waals surface area contributed by atoms with Crippen LogP contribution in [0.5, 0.6) is 0 Å². The molecule has 0 unspecified atom stereocenters. The fourth-order valence-corrected chi connectivity index (χ4v) is 4.33. The van der Waals surface area contributed by atoms with Crippen molar-refractivity contribution in [2.75, 3.05) is 13.1 Å². The molecule has 1 N–H and O–H groups in total. The number of hydrogen-bond acceptors (Lipinski definition) is 5. The Morgan fingerprint density at radius 1 is 1.41 bits per heavy atom. The molecule has 1 aliphatic heterocycles. The fraction of sp³-hybridized carbons (Fsp3) is 0.474. The predicted octanol–water partition coefficient (Wildman–Crippen LogP) is 3.08. The van der Waals surface area contributed by atoms with Gasteiger partial charge in [-0.3, -0.25) is 9.89 Å². The van der Waals surface area contributed by atoms with Crippen molar-refractivity contribution in [2.24, 2.45) is 0 Å². The van der Waals surface area contributed by atoms with Crippen molar-refractivity contribution in [3.05, 3.63) is 52.3 Å². The third kappa shape index (κ3) is 3.80. The summed E-state index contributed by atoms with van der Waals surface area (Å²) in [5, 5.41) is 9.13. The van der Waals surface area contributed by atoms with Gasteiger partial charge >= 0.3 is 0 Å². The maximum absolute atomic E-state index is 13.0. The summed E-state index contributed by atoms with van der Waals surface area (Å²) >= 11 is 1.60. The minimum atomic E-state index is 0.0782. The van der Waals surface area contributed by atoms with Crippen LogP contribution in [0.2, 0.25) is 0 Å². The molecule has 27 heavy (non-hydrogen) atoms. The highest BCUT2D eigenvalue weighted by atomic mass is 32.1. The Morgan fingerprint density at radius 3 is 3.15 bits per heavy atom. The summed E-state index contributed by atoms with van der Waals surface area (Å²) in [5.41, 5.74) is 4.55. The van der Waals surface area contributed by atoms with Crippen molar-refractivity contribution < 1.29 is 4.79 Å². The van der Waals surface area contributed by atoms with Crippen LogP contribution in [0.4, 0.5) is 0 Å². The van der Waals surface area contributed by atoms with E-state index in [4.69, 9.17) is 0 Å². The lowest BCUT2D eigenvalue weighted by atomic mass is 9.96. The molecule has 1 fully saturated rings. The lowest BCUT2D eigenvalue weighted by molar-refractivity contribution is 0.0702. The number of piperidine rings is 1. The first kappa shape index (κ1) is 17.9. The van der Waals surface area contributed by atoms with Crippen LogP contribution in [0.25, 0.3) is 0 Å². The van der Waals surface area contributed by atoms with Crippen molar-refractivity contribution in [1.29, 1.82) is 0 Å². The molecule has 3 aromatic heterocycles. The number of hydrogen-bond donors (Lipinski definition) is 1. The molecule has 3 aromatic rings. The largest absolute Gasteiger partial charge is 0.338 e. The van der Waals surface area contributed by atoms with Gasteiger partial charge in [0.05, 0.1) is 29.5 Å². The van der Waals surface area contributed by atoms with Gasteiger partial charge in [0.25, 0.3) is 5.91 Å². The molecule has 7 nitrogen and oxygen atoms in total. The molecule has 0 radical (unpaired) electrons. The molecule has 1 atom stereocenters. The zero-order valence-electron chi connectivity index (χ0n) is 15.5. The summed E-state index contributed by atoms with van der Waals surface area (Å²) in [6.07, 6.45) is 9.38. The smallest absolute Gasteiger partial charge is 0.257 e. The summed E-state index contributed by atoms with van der Waals surface area (Å²) in [7, 11) is 0. The lowest BCUT2D eigenvalue weighted by Gasteiger charge is -2.32. The average molecular weight is 385 g/mol. The molecule has 1 amide bonds. The minimum Gasteiger partial charge on any atom is -0.338 e. The van der Waals surface area contributed by atoms with Crippen molar-refractivity contribution in [3.8, 4) is 0 Å². The van der Waals surface area contributed by atoms with E-state index in [2.05, 4.69) is 37.0 Å². The Kier molecular flexibility index (Phi) is 5.33. The number of rotatable bonds is 6. The fourth-order valence-electron chi connectivity index (χ4n) is 3.78. The van der Waals surface area contributed by atoms with E-state index in [9.17, 15) is 4.79 Å². The van der Waals surface area contributed by atoms with Gasteiger partial charge in [0.15, 0.2) is 0 Å². The monoisotopic (exact) mass is 384 g/mol. The molecular weight excluding hydrogens is 360 g/mol. The molecule has 0 aromatic carbocycles. The number of aromatic nitrogens is 5. The molecule has 142 valence electrons. The van der Waals surface area contributed by atoms with Gasteiger partial charge in [0.2, 0.25) is 0 Å². The van der Waals surface area contributed by atoms with E-state index in [-0.39, 0.29) is 11.8 Å². The number of carbonyl (C=O) groups excluding carboxylic acids is 1. The summed E-state index contributed by atoms with van der Waals surface area (Å²) in [5.74, 6) is 1.37. The van der Waals surface area contributed by atoms with Gasteiger partial charge in [-0.15, -0.1) is 11.3 Å². The number of aromatic amines is 1. The average Bonchev–Trinajstić information content (AvgIpc) is 3.44. The first-order valence-electron chi connectivity index (χ1n) is 9.46. The van der Waals surface area contributed by atoms with Gasteiger partial charge in [-0.25, -0.2) is 9.97 Å². The van der Waals surface area contributed by atoms with Crippen LogP contribution >= 0.6 is 11.3 Å². The Balaban J connectivity index is 1.49. The van der Waals surface area contributed by atoms with E-state index < -0.39 is 0 Å². The van der Waals surface area contributed by atoms with E-state index in [0.29, 0.717) is 12.1 Å². The third-order valence-electron chi connectivity index (χ3n) is 5.09. The van der Waals surface area contributed by atoms with Gasteiger partial charge in [0, 0.05) is 42.5 Å². The first-order valence-corrected chi connectivity index (χ1v) is 10.4. The zero-order valence-corrected chi connectivity index (χ0v) is 16.3. The normalized spacial score (nSPS) is 17.4. The molecule has 0 bridgehead atoms. The second-order valence-electron chi connectivity index (χ2n) is 7.00. The maximum atomic E-state index is 13.0. The molecule has 0 spiro atoms. The summed E-state index contributed by atoms with van der Waals surface area (Å²) in [6.45, 7) is 4.32. The van der Waals surface area contributed by atoms with Crippen LogP contribution in [-0.4, -0.2) is 48.6 Å². The number of amides is 1. The Hall–Kier alpha value is -2.48. The second kappa shape index (κ2) is 8.04. The van der Waals surface area contributed by atoms with Gasteiger partial charge in [-0.1, -0.05) is 13.3 Å². The van der Waals surface area contributed by atoms with Crippen LogP contribution in [-0.2, 0) is 13.0 Å². The second-order valence-corrected chi connectivity index (χ2v) is 7.71. The highest BCUT2D eigenvalue weighted by Gasteiger charge is 2.29. The topological polar surface area (TPSA) is 79.7 Å².